The van der Waals surface area contributed by atoms with Gasteiger partial charge in [0.1, 0.15) is 0 Å². The molecular formula is C27H33N5O4S. The van der Waals surface area contributed by atoms with Gasteiger partial charge in [0, 0.05) is 18.2 Å². The van der Waals surface area contributed by atoms with Gasteiger partial charge in [-0.15, -0.1) is 16.1 Å². The summed E-state index contributed by atoms with van der Waals surface area (Å²) in [6.07, 6.45) is 0.467. The standard InChI is InChI=1S/C27H33N5O4S/c1-7-11-19(4)29-24(33)21-14-22(16-23(15-21)32(6)37(34,35)18(2)3)25-30-31-26(36-25)27(5,28)17-20-12-9-8-10-13-20/h8-10,12-16,18-19H,17,28H2,1-6H3,(H,29,33)/t19?,27-/m1/s1. The molecule has 3 aromatic rings. The molecule has 196 valence electrons. The molecule has 1 aromatic heterocycles. The largest absolute Gasteiger partial charge is 0.419 e. The highest BCUT2D eigenvalue weighted by Gasteiger charge is 2.30. The number of carbonyl (C=O) groups is 1. The van der Waals surface area contributed by atoms with E-state index in [0.29, 0.717) is 12.0 Å². The van der Waals surface area contributed by atoms with E-state index in [2.05, 4.69) is 27.4 Å². The number of carbonyl (C=O) groups excluding carboxylic acids is 1. The summed E-state index contributed by atoms with van der Waals surface area (Å²) in [5, 5.41) is 10.5. The summed E-state index contributed by atoms with van der Waals surface area (Å²) in [4.78, 5) is 13.0. The smallest absolute Gasteiger partial charge is 0.252 e. The number of sulfonamides is 1. The van der Waals surface area contributed by atoms with E-state index in [4.69, 9.17) is 10.2 Å². The molecule has 37 heavy (non-hydrogen) atoms. The number of hydrogen-bond donors (Lipinski definition) is 2. The Balaban J connectivity index is 2.04. The van der Waals surface area contributed by atoms with Gasteiger partial charge in [0.05, 0.1) is 22.5 Å². The molecule has 9 nitrogen and oxygen atoms in total. The topological polar surface area (TPSA) is 131 Å². The Hall–Kier alpha value is -3.68. The monoisotopic (exact) mass is 523 g/mol. The van der Waals surface area contributed by atoms with Crippen LogP contribution in [-0.4, -0.2) is 42.9 Å². The van der Waals surface area contributed by atoms with Gasteiger partial charge in [-0.3, -0.25) is 9.10 Å². The summed E-state index contributed by atoms with van der Waals surface area (Å²) in [6.45, 7) is 8.42. The zero-order valence-electron chi connectivity index (χ0n) is 21.9. The van der Waals surface area contributed by atoms with E-state index >= 15 is 0 Å². The van der Waals surface area contributed by atoms with E-state index in [1.165, 1.54) is 13.1 Å². The molecule has 1 heterocycles. The lowest BCUT2D eigenvalue weighted by Crippen LogP contribution is -2.35. The third-order valence-corrected chi connectivity index (χ3v) is 7.97. The van der Waals surface area contributed by atoms with Crippen molar-refractivity contribution in [2.24, 2.45) is 5.73 Å². The second kappa shape index (κ2) is 11.2. The van der Waals surface area contributed by atoms with Crippen LogP contribution in [0.5, 0.6) is 0 Å². The quantitative estimate of drug-likeness (QED) is 0.411. The second-order valence-electron chi connectivity index (χ2n) is 9.41. The van der Waals surface area contributed by atoms with E-state index < -0.39 is 32.8 Å². The number of anilines is 1. The van der Waals surface area contributed by atoms with E-state index in [1.807, 2.05) is 30.3 Å². The summed E-state index contributed by atoms with van der Waals surface area (Å²) in [5.41, 5.74) is 7.49. The van der Waals surface area contributed by atoms with Crippen molar-refractivity contribution in [3.63, 3.8) is 0 Å². The maximum atomic E-state index is 13.0. The van der Waals surface area contributed by atoms with Crippen molar-refractivity contribution >= 4 is 21.6 Å². The zero-order chi connectivity index (χ0) is 27.4. The molecule has 0 spiro atoms. The van der Waals surface area contributed by atoms with Crippen LogP contribution < -0.4 is 15.4 Å². The molecule has 2 aromatic carbocycles. The molecular weight excluding hydrogens is 490 g/mol. The van der Waals surface area contributed by atoms with Crippen molar-refractivity contribution in [2.75, 3.05) is 11.4 Å². The number of amides is 1. The van der Waals surface area contributed by atoms with Crippen LogP contribution in [0.4, 0.5) is 5.69 Å². The number of rotatable bonds is 9. The van der Waals surface area contributed by atoms with Crippen molar-refractivity contribution in [3.05, 3.63) is 65.5 Å². The third kappa shape index (κ3) is 6.56. The maximum absolute atomic E-state index is 13.0. The summed E-state index contributed by atoms with van der Waals surface area (Å²) >= 11 is 0. The Morgan fingerprint density at radius 2 is 1.84 bits per heavy atom. The Bertz CT molecular complexity index is 1420. The van der Waals surface area contributed by atoms with Crippen LogP contribution in [0.2, 0.25) is 0 Å². The summed E-state index contributed by atoms with van der Waals surface area (Å²) in [6, 6.07) is 14.0. The molecule has 0 bridgehead atoms. The van der Waals surface area contributed by atoms with Crippen molar-refractivity contribution in [3.8, 4) is 23.3 Å². The average Bonchev–Trinajstić information content (AvgIpc) is 3.35. The first kappa shape index (κ1) is 27.9. The Kier molecular flexibility index (Phi) is 8.41. The third-order valence-electron chi connectivity index (χ3n) is 5.80. The van der Waals surface area contributed by atoms with Crippen molar-refractivity contribution in [1.29, 1.82) is 0 Å². The van der Waals surface area contributed by atoms with Crippen molar-refractivity contribution < 1.29 is 17.6 Å². The van der Waals surface area contributed by atoms with Gasteiger partial charge in [-0.25, -0.2) is 8.42 Å². The van der Waals surface area contributed by atoms with E-state index in [9.17, 15) is 13.2 Å². The highest BCUT2D eigenvalue weighted by molar-refractivity contribution is 7.93. The van der Waals surface area contributed by atoms with Crippen LogP contribution >= 0.6 is 0 Å². The fourth-order valence-electron chi connectivity index (χ4n) is 3.71. The molecule has 2 atom stereocenters. The number of hydrogen-bond acceptors (Lipinski definition) is 7. The number of nitrogens with one attached hydrogen (secondary N) is 1. The molecule has 3 rings (SSSR count). The number of benzene rings is 2. The molecule has 0 aliphatic rings. The van der Waals surface area contributed by atoms with Crippen LogP contribution in [0.15, 0.2) is 52.9 Å². The van der Waals surface area contributed by atoms with E-state index in [-0.39, 0.29) is 23.0 Å². The lowest BCUT2D eigenvalue weighted by atomic mass is 9.94. The number of aromatic nitrogens is 2. The molecule has 1 unspecified atom stereocenters. The Morgan fingerprint density at radius 3 is 2.46 bits per heavy atom. The normalized spacial score (nSPS) is 13.8. The summed E-state index contributed by atoms with van der Waals surface area (Å²) < 4.78 is 32.8. The fraction of sp³-hybridized carbons (Fsp3) is 0.370. The molecule has 0 saturated carbocycles. The summed E-state index contributed by atoms with van der Waals surface area (Å²) in [7, 11) is -2.22. The number of nitrogens with zero attached hydrogens (tertiary/aromatic N) is 3. The van der Waals surface area contributed by atoms with Crippen LogP contribution in [0.3, 0.4) is 0 Å². The molecule has 0 aliphatic heterocycles. The van der Waals surface area contributed by atoms with Gasteiger partial charge in [-0.05, 0) is 64.8 Å². The van der Waals surface area contributed by atoms with Gasteiger partial charge < -0.3 is 15.5 Å². The van der Waals surface area contributed by atoms with Gasteiger partial charge >= 0.3 is 0 Å². The predicted octanol–water partition coefficient (Wildman–Crippen LogP) is 3.47. The van der Waals surface area contributed by atoms with Gasteiger partial charge in [0.2, 0.25) is 21.8 Å². The molecule has 3 N–H and O–H groups in total. The van der Waals surface area contributed by atoms with Crippen LogP contribution in [-0.2, 0) is 22.0 Å². The van der Waals surface area contributed by atoms with Crippen molar-refractivity contribution in [2.45, 2.75) is 57.9 Å². The second-order valence-corrected chi connectivity index (χ2v) is 11.9. The van der Waals surface area contributed by atoms with E-state index in [1.54, 1.807) is 46.8 Å². The van der Waals surface area contributed by atoms with Gasteiger partial charge in [-0.2, -0.15) is 0 Å². The maximum Gasteiger partial charge on any atom is 0.252 e. The minimum Gasteiger partial charge on any atom is -0.419 e. The molecule has 1 amide bonds. The molecule has 0 fully saturated rings. The number of nitrogens with two attached hydrogens (primary N) is 1. The lowest BCUT2D eigenvalue weighted by Gasteiger charge is -2.23. The van der Waals surface area contributed by atoms with Gasteiger partial charge in [0.25, 0.3) is 5.91 Å². The fourth-order valence-corrected chi connectivity index (χ4v) is 4.74. The highest BCUT2D eigenvalue weighted by Crippen LogP contribution is 2.30. The SMILES string of the molecule is CC#CC(C)NC(=O)c1cc(-c2nnc([C@](C)(N)Cc3ccccc3)o2)cc(N(C)S(=O)(=O)C(C)C)c1. The Labute approximate surface area is 218 Å². The lowest BCUT2D eigenvalue weighted by molar-refractivity contribution is 0.0948. The average molecular weight is 524 g/mol. The molecule has 10 heteroatoms. The Morgan fingerprint density at radius 1 is 1.16 bits per heavy atom. The molecule has 0 aliphatic carbocycles. The van der Waals surface area contributed by atoms with Crippen LogP contribution in [0.1, 0.15) is 56.4 Å². The highest BCUT2D eigenvalue weighted by atomic mass is 32.2. The first-order valence-corrected chi connectivity index (χ1v) is 13.4. The first-order chi connectivity index (χ1) is 17.3. The van der Waals surface area contributed by atoms with Gasteiger partial charge in [-0.1, -0.05) is 36.3 Å². The minimum atomic E-state index is -3.66. The molecule has 0 radical (unpaired) electrons. The van der Waals surface area contributed by atoms with Crippen LogP contribution in [0.25, 0.3) is 11.5 Å². The zero-order valence-corrected chi connectivity index (χ0v) is 22.8. The summed E-state index contributed by atoms with van der Waals surface area (Å²) in [5.74, 6) is 5.55. The molecule has 0 saturated heterocycles. The minimum absolute atomic E-state index is 0.118. The predicted molar refractivity (Wildman–Crippen MR) is 144 cm³/mol. The van der Waals surface area contributed by atoms with Gasteiger partial charge in [0.15, 0.2) is 0 Å². The van der Waals surface area contributed by atoms with Crippen molar-refractivity contribution in [1.82, 2.24) is 15.5 Å². The van der Waals surface area contributed by atoms with Crippen LogP contribution in [0, 0.1) is 11.8 Å². The van der Waals surface area contributed by atoms with E-state index in [0.717, 1.165) is 9.87 Å². The first-order valence-electron chi connectivity index (χ1n) is 11.9.